The minimum absolute atomic E-state index is 0.0323. The summed E-state index contributed by atoms with van der Waals surface area (Å²) in [5, 5.41) is 25.0. The fourth-order valence-corrected chi connectivity index (χ4v) is 4.24. The summed E-state index contributed by atoms with van der Waals surface area (Å²) in [4.78, 5) is 0.728. The van der Waals surface area contributed by atoms with Gasteiger partial charge in [0.2, 0.25) is 0 Å². The van der Waals surface area contributed by atoms with E-state index in [1.54, 1.807) is 0 Å². The van der Waals surface area contributed by atoms with Gasteiger partial charge in [0.15, 0.2) is 0 Å². The summed E-state index contributed by atoms with van der Waals surface area (Å²) < 4.78 is 0. The molecule has 0 heterocycles. The minimum atomic E-state index is -0.0323. The van der Waals surface area contributed by atoms with Gasteiger partial charge in [-0.2, -0.15) is 0 Å². The zero-order valence-corrected chi connectivity index (χ0v) is 21.4. The molecule has 0 atom stereocenters. The topological polar surface area (TPSA) is 52.5 Å². The second-order valence-corrected chi connectivity index (χ2v) is 10.4. The van der Waals surface area contributed by atoms with E-state index in [0.29, 0.717) is 19.3 Å². The molecule has 0 aliphatic heterocycles. The van der Waals surface area contributed by atoms with Crippen LogP contribution in [0, 0.1) is 13.8 Å². The van der Waals surface area contributed by atoms with Gasteiger partial charge in [-0.05, 0) is 65.6 Å². The normalized spacial score (nSPS) is 11.5. The summed E-state index contributed by atoms with van der Waals surface area (Å²) >= 11 is 5.62. The van der Waals surface area contributed by atoms with E-state index in [-0.39, 0.29) is 16.9 Å². The molecule has 3 nitrogen and oxygen atoms in total. The van der Waals surface area contributed by atoms with Crippen LogP contribution in [-0.4, -0.2) is 15.2 Å². The van der Waals surface area contributed by atoms with Crippen LogP contribution in [0.1, 0.15) is 66.6 Å². The number of hydrogen-bond acceptors (Lipinski definition) is 3. The summed E-state index contributed by atoms with van der Waals surface area (Å²) in [7, 11) is 0. The van der Waals surface area contributed by atoms with Crippen molar-refractivity contribution >= 4 is 22.9 Å². The van der Waals surface area contributed by atoms with Gasteiger partial charge in [-0.3, -0.25) is 0 Å². The van der Waals surface area contributed by atoms with Crippen molar-refractivity contribution in [2.45, 2.75) is 66.2 Å². The lowest BCUT2D eigenvalue weighted by Crippen LogP contribution is -2.13. The largest absolute Gasteiger partial charge is 0.507 e. The van der Waals surface area contributed by atoms with Gasteiger partial charge in [0.05, 0.1) is 4.99 Å². The highest BCUT2D eigenvalue weighted by molar-refractivity contribution is 7.80. The first kappa shape index (κ1) is 24.8. The Labute approximate surface area is 203 Å². The molecule has 0 unspecified atom stereocenters. The average molecular weight is 462 g/mol. The number of rotatable bonds is 6. The number of anilines is 1. The Hall–Kier alpha value is -2.85. The molecule has 3 aromatic rings. The molecule has 3 N–H and O–H groups in total. The molecule has 0 aromatic heterocycles. The average Bonchev–Trinajstić information content (AvgIpc) is 2.74. The summed E-state index contributed by atoms with van der Waals surface area (Å²) in [6.07, 6.45) is 1.79. The van der Waals surface area contributed by atoms with Crippen LogP contribution in [0.15, 0.2) is 48.5 Å². The zero-order chi connectivity index (χ0) is 24.3. The van der Waals surface area contributed by atoms with Gasteiger partial charge in [0.1, 0.15) is 11.5 Å². The number of benzene rings is 3. The number of phenols is 2. The lowest BCUT2D eigenvalue weighted by Gasteiger charge is -2.22. The van der Waals surface area contributed by atoms with Crippen LogP contribution in [0.4, 0.5) is 5.69 Å². The molecule has 4 heteroatoms. The van der Waals surface area contributed by atoms with E-state index < -0.39 is 0 Å². The summed E-state index contributed by atoms with van der Waals surface area (Å²) in [5.41, 5.74) is 7.67. The minimum Gasteiger partial charge on any atom is -0.507 e. The Bertz CT molecular complexity index is 1160. The highest BCUT2D eigenvalue weighted by Crippen LogP contribution is 2.35. The lowest BCUT2D eigenvalue weighted by molar-refractivity contribution is 0.456. The Morgan fingerprint density at radius 1 is 0.879 bits per heavy atom. The van der Waals surface area contributed by atoms with Crippen molar-refractivity contribution in [3.63, 3.8) is 0 Å². The van der Waals surface area contributed by atoms with Crippen LogP contribution in [0.25, 0.3) is 0 Å². The lowest BCUT2D eigenvalue weighted by atomic mass is 9.84. The molecule has 0 amide bonds. The molecule has 3 aromatic carbocycles. The molecule has 0 spiro atoms. The summed E-state index contributed by atoms with van der Waals surface area (Å²) in [6.45, 7) is 12.5. The molecule has 0 saturated carbocycles. The maximum absolute atomic E-state index is 10.9. The Morgan fingerprint density at radius 3 is 2.09 bits per heavy atom. The fourth-order valence-electron chi connectivity index (χ4n) is 3.96. The second-order valence-electron chi connectivity index (χ2n) is 9.93. The number of thiocarbonyl (C=S) groups is 1. The van der Waals surface area contributed by atoms with Gasteiger partial charge < -0.3 is 15.5 Å². The van der Waals surface area contributed by atoms with Gasteiger partial charge in [-0.1, -0.05) is 81.9 Å². The molecule has 3 rings (SSSR count). The van der Waals surface area contributed by atoms with Gasteiger partial charge in [0.25, 0.3) is 0 Å². The molecule has 174 valence electrons. The molecule has 0 fully saturated rings. The van der Waals surface area contributed by atoms with Gasteiger partial charge in [-0.25, -0.2) is 0 Å². The second kappa shape index (κ2) is 9.96. The molecule has 33 heavy (non-hydrogen) atoms. The maximum atomic E-state index is 10.9. The van der Waals surface area contributed by atoms with E-state index in [2.05, 4.69) is 63.3 Å². The van der Waals surface area contributed by atoms with E-state index in [1.165, 1.54) is 5.56 Å². The van der Waals surface area contributed by atoms with Gasteiger partial charge >= 0.3 is 0 Å². The standard InChI is InChI=1S/C29H35NO2S/c1-7-21-16-25(30-26(33)13-20-10-8-18(2)9-11-20)17-23(28(21)32)14-22-15-24(29(4,5)6)12-19(3)27(22)31/h8-12,15-17,31-32H,7,13-14H2,1-6H3,(H,30,33). The van der Waals surface area contributed by atoms with Crippen molar-refractivity contribution in [2.24, 2.45) is 0 Å². The third-order valence-corrected chi connectivity index (χ3v) is 6.29. The SMILES string of the molecule is CCc1cc(NC(=S)Cc2ccc(C)cc2)cc(Cc2cc(C(C)(C)C)cc(C)c2O)c1O. The molecule has 0 radical (unpaired) electrons. The highest BCUT2D eigenvalue weighted by atomic mass is 32.1. The van der Waals surface area contributed by atoms with Crippen molar-refractivity contribution < 1.29 is 10.2 Å². The Balaban J connectivity index is 1.90. The first-order chi connectivity index (χ1) is 15.5. The third-order valence-electron chi connectivity index (χ3n) is 6.04. The van der Waals surface area contributed by atoms with Crippen molar-refractivity contribution in [2.75, 3.05) is 5.32 Å². The number of hydrogen-bond donors (Lipinski definition) is 3. The Morgan fingerprint density at radius 2 is 1.48 bits per heavy atom. The Kier molecular flexibility index (Phi) is 7.48. The third kappa shape index (κ3) is 6.14. The molecule has 0 saturated heterocycles. The van der Waals surface area contributed by atoms with E-state index in [0.717, 1.165) is 44.1 Å². The molecule has 0 aliphatic carbocycles. The quantitative estimate of drug-likeness (QED) is 0.269. The number of aromatic hydroxyl groups is 2. The first-order valence-electron chi connectivity index (χ1n) is 11.5. The van der Waals surface area contributed by atoms with Crippen molar-refractivity contribution in [1.29, 1.82) is 0 Å². The fraction of sp³-hybridized carbons (Fsp3) is 0.345. The van der Waals surface area contributed by atoms with Crippen LogP contribution in [0.5, 0.6) is 11.5 Å². The van der Waals surface area contributed by atoms with E-state index in [1.807, 2.05) is 32.0 Å². The van der Waals surface area contributed by atoms with Crippen molar-refractivity contribution in [3.8, 4) is 11.5 Å². The van der Waals surface area contributed by atoms with Crippen molar-refractivity contribution in [3.05, 3.63) is 87.5 Å². The monoisotopic (exact) mass is 461 g/mol. The highest BCUT2D eigenvalue weighted by Gasteiger charge is 2.19. The smallest absolute Gasteiger partial charge is 0.122 e. The van der Waals surface area contributed by atoms with Crippen LogP contribution < -0.4 is 5.32 Å². The number of phenolic OH excluding ortho intramolecular Hbond substituents is 2. The number of aryl methyl sites for hydroxylation is 3. The molecule has 0 bridgehead atoms. The molecular formula is C29H35NO2S. The molecule has 0 aliphatic rings. The maximum Gasteiger partial charge on any atom is 0.122 e. The van der Waals surface area contributed by atoms with E-state index in [4.69, 9.17) is 12.2 Å². The first-order valence-corrected chi connectivity index (χ1v) is 11.9. The number of nitrogens with one attached hydrogen (secondary N) is 1. The van der Waals surface area contributed by atoms with Gasteiger partial charge in [-0.15, -0.1) is 0 Å². The zero-order valence-electron chi connectivity index (χ0n) is 20.5. The van der Waals surface area contributed by atoms with E-state index in [9.17, 15) is 10.2 Å². The van der Waals surface area contributed by atoms with Crippen molar-refractivity contribution in [1.82, 2.24) is 0 Å². The summed E-state index contributed by atoms with van der Waals surface area (Å²) in [6, 6.07) is 16.4. The van der Waals surface area contributed by atoms with Crippen LogP contribution in [-0.2, 0) is 24.7 Å². The molecular weight excluding hydrogens is 426 g/mol. The van der Waals surface area contributed by atoms with Crippen LogP contribution >= 0.6 is 12.2 Å². The summed E-state index contributed by atoms with van der Waals surface area (Å²) in [5.74, 6) is 0.569. The predicted molar refractivity (Wildman–Crippen MR) is 143 cm³/mol. The van der Waals surface area contributed by atoms with E-state index >= 15 is 0 Å². The van der Waals surface area contributed by atoms with Crippen LogP contribution in [0.2, 0.25) is 0 Å². The predicted octanol–water partition coefficient (Wildman–Crippen LogP) is 7.15. The van der Waals surface area contributed by atoms with Crippen LogP contribution in [0.3, 0.4) is 0 Å². The van der Waals surface area contributed by atoms with Gasteiger partial charge in [0, 0.05) is 24.1 Å².